The molecule has 0 aliphatic heterocycles. The number of ether oxygens (including phenoxy) is 2. The van der Waals surface area contributed by atoms with Crippen molar-refractivity contribution in [3.05, 3.63) is 29.5 Å². The van der Waals surface area contributed by atoms with Crippen LogP contribution in [0, 0.1) is 0 Å². The number of amides is 1. The molecule has 0 aliphatic carbocycles. The summed E-state index contributed by atoms with van der Waals surface area (Å²) in [5.41, 5.74) is 6.41. The second-order valence-corrected chi connectivity index (χ2v) is 4.61. The summed E-state index contributed by atoms with van der Waals surface area (Å²) in [6.45, 7) is 1.56. The first-order chi connectivity index (χ1) is 11.2. The lowest BCUT2D eigenvalue weighted by molar-refractivity contribution is 0.0944. The van der Waals surface area contributed by atoms with Gasteiger partial charge in [-0.15, -0.1) is 0 Å². The van der Waals surface area contributed by atoms with E-state index in [9.17, 15) is 4.79 Å². The molecule has 0 atom stereocenters. The molecule has 1 amide bonds. The maximum absolute atomic E-state index is 11.7. The highest BCUT2D eigenvalue weighted by atomic mass is 16.6. The Kier molecular flexibility index (Phi) is 5.75. The smallest absolute Gasteiger partial charge is 0.277 e. The number of nitrogen functional groups attached to an aromatic ring is 1. The average Bonchev–Trinajstić information content (AvgIpc) is 3.00. The normalized spacial score (nSPS) is 10.3. The standard InChI is InChI=1S/C14H19N5O4/c1-21-10-4-3-9(11(7-10)22-2)8-16-5-6-17-14(20)12-13(15)19-23-18-12/h3-4,7,16H,5-6,8H2,1-2H3,(H2,15,19)(H,17,20). The van der Waals surface area contributed by atoms with Crippen LogP contribution in [0.3, 0.4) is 0 Å². The molecular weight excluding hydrogens is 302 g/mol. The van der Waals surface area contributed by atoms with E-state index < -0.39 is 5.91 Å². The number of aromatic nitrogens is 2. The first kappa shape index (κ1) is 16.6. The van der Waals surface area contributed by atoms with Gasteiger partial charge in [-0.3, -0.25) is 4.79 Å². The van der Waals surface area contributed by atoms with Gasteiger partial charge in [-0.05, 0) is 16.4 Å². The minimum Gasteiger partial charge on any atom is -0.497 e. The number of anilines is 1. The van der Waals surface area contributed by atoms with Gasteiger partial charge in [-0.25, -0.2) is 4.63 Å². The fourth-order valence-electron chi connectivity index (χ4n) is 1.92. The van der Waals surface area contributed by atoms with Crippen molar-refractivity contribution in [2.75, 3.05) is 33.0 Å². The Balaban J connectivity index is 1.75. The molecule has 1 aromatic heterocycles. The lowest BCUT2D eigenvalue weighted by atomic mass is 10.2. The highest BCUT2D eigenvalue weighted by molar-refractivity contribution is 5.95. The topological polar surface area (TPSA) is 125 Å². The third-order valence-corrected chi connectivity index (χ3v) is 3.13. The highest BCUT2D eigenvalue weighted by Gasteiger charge is 2.14. The Labute approximate surface area is 133 Å². The average molecular weight is 321 g/mol. The van der Waals surface area contributed by atoms with Gasteiger partial charge in [0, 0.05) is 31.3 Å². The quantitative estimate of drug-likeness (QED) is 0.588. The van der Waals surface area contributed by atoms with Crippen LogP contribution in [0.5, 0.6) is 11.5 Å². The second-order valence-electron chi connectivity index (χ2n) is 4.61. The minimum absolute atomic E-state index is 0.0122. The fourth-order valence-corrected chi connectivity index (χ4v) is 1.92. The SMILES string of the molecule is COc1ccc(CNCCNC(=O)c2nonc2N)c(OC)c1. The number of nitrogens with two attached hydrogens (primary N) is 1. The second kappa shape index (κ2) is 7.99. The minimum atomic E-state index is -0.424. The van der Waals surface area contributed by atoms with Gasteiger partial charge in [0.15, 0.2) is 0 Å². The molecule has 0 aliphatic rings. The van der Waals surface area contributed by atoms with E-state index in [0.29, 0.717) is 19.6 Å². The molecule has 9 heteroatoms. The van der Waals surface area contributed by atoms with E-state index in [-0.39, 0.29) is 11.5 Å². The van der Waals surface area contributed by atoms with E-state index in [0.717, 1.165) is 17.1 Å². The molecule has 0 saturated heterocycles. The molecule has 9 nitrogen and oxygen atoms in total. The number of nitrogens with zero attached hydrogens (tertiary/aromatic N) is 2. The molecule has 0 fully saturated rings. The van der Waals surface area contributed by atoms with Crippen LogP contribution < -0.4 is 25.8 Å². The van der Waals surface area contributed by atoms with Crippen LogP contribution in [0.15, 0.2) is 22.8 Å². The van der Waals surface area contributed by atoms with Gasteiger partial charge >= 0.3 is 0 Å². The number of carbonyl (C=O) groups excluding carboxylic acids is 1. The van der Waals surface area contributed by atoms with E-state index in [1.807, 2.05) is 18.2 Å². The molecule has 2 rings (SSSR count). The maximum Gasteiger partial charge on any atom is 0.277 e. The van der Waals surface area contributed by atoms with Gasteiger partial charge in [0.25, 0.3) is 5.91 Å². The van der Waals surface area contributed by atoms with Gasteiger partial charge in [0.05, 0.1) is 14.2 Å². The first-order valence-corrected chi connectivity index (χ1v) is 6.93. The zero-order valence-corrected chi connectivity index (χ0v) is 13.0. The molecule has 23 heavy (non-hydrogen) atoms. The van der Waals surface area contributed by atoms with Crippen LogP contribution in [-0.2, 0) is 6.54 Å². The summed E-state index contributed by atoms with van der Waals surface area (Å²) in [4.78, 5) is 11.7. The van der Waals surface area contributed by atoms with E-state index in [1.54, 1.807) is 14.2 Å². The molecule has 4 N–H and O–H groups in total. The molecule has 0 bridgehead atoms. The van der Waals surface area contributed by atoms with Crippen LogP contribution in [0.1, 0.15) is 16.1 Å². The Morgan fingerprint density at radius 2 is 2.09 bits per heavy atom. The van der Waals surface area contributed by atoms with Crippen LogP contribution in [0.25, 0.3) is 0 Å². The third kappa shape index (κ3) is 4.33. The van der Waals surface area contributed by atoms with Crippen molar-refractivity contribution in [2.45, 2.75) is 6.54 Å². The monoisotopic (exact) mass is 321 g/mol. The maximum atomic E-state index is 11.7. The summed E-state index contributed by atoms with van der Waals surface area (Å²) in [6.07, 6.45) is 0. The zero-order valence-electron chi connectivity index (χ0n) is 13.0. The molecule has 0 radical (unpaired) electrons. The molecule has 0 saturated carbocycles. The molecule has 1 aromatic carbocycles. The summed E-state index contributed by atoms with van der Waals surface area (Å²) in [6, 6.07) is 5.60. The summed E-state index contributed by atoms with van der Waals surface area (Å²) < 4.78 is 14.8. The predicted molar refractivity (Wildman–Crippen MR) is 82.3 cm³/mol. The van der Waals surface area contributed by atoms with Crippen molar-refractivity contribution in [3.8, 4) is 11.5 Å². The molecule has 0 spiro atoms. The summed E-state index contributed by atoms with van der Waals surface area (Å²) in [5, 5.41) is 12.6. The molecular formula is C14H19N5O4. The number of hydrogen-bond acceptors (Lipinski definition) is 8. The van der Waals surface area contributed by atoms with Crippen LogP contribution in [-0.4, -0.2) is 43.5 Å². The molecule has 1 heterocycles. The van der Waals surface area contributed by atoms with Crippen molar-refractivity contribution >= 4 is 11.7 Å². The third-order valence-electron chi connectivity index (χ3n) is 3.13. The van der Waals surface area contributed by atoms with Crippen molar-refractivity contribution in [3.63, 3.8) is 0 Å². The number of rotatable bonds is 8. The van der Waals surface area contributed by atoms with Crippen molar-refractivity contribution < 1.29 is 18.9 Å². The molecule has 124 valence electrons. The largest absolute Gasteiger partial charge is 0.497 e. The Bertz CT molecular complexity index is 658. The lowest BCUT2D eigenvalue weighted by Crippen LogP contribution is -2.32. The number of benzene rings is 1. The van der Waals surface area contributed by atoms with E-state index >= 15 is 0 Å². The highest BCUT2D eigenvalue weighted by Crippen LogP contribution is 2.24. The Hall–Kier alpha value is -2.81. The first-order valence-electron chi connectivity index (χ1n) is 6.93. The summed E-state index contributed by atoms with van der Waals surface area (Å²) in [7, 11) is 3.21. The molecule has 2 aromatic rings. The Morgan fingerprint density at radius 1 is 1.26 bits per heavy atom. The van der Waals surface area contributed by atoms with Crippen LogP contribution >= 0.6 is 0 Å². The Morgan fingerprint density at radius 3 is 2.74 bits per heavy atom. The molecule has 0 unspecified atom stereocenters. The van der Waals surface area contributed by atoms with Crippen LogP contribution in [0.4, 0.5) is 5.82 Å². The van der Waals surface area contributed by atoms with Gasteiger partial charge in [-0.2, -0.15) is 0 Å². The number of nitrogens with one attached hydrogen (secondary N) is 2. The van der Waals surface area contributed by atoms with E-state index in [2.05, 4.69) is 25.6 Å². The van der Waals surface area contributed by atoms with Gasteiger partial charge in [0.2, 0.25) is 11.5 Å². The predicted octanol–water partition coefficient (Wildman–Crippen LogP) is 0.189. The van der Waals surface area contributed by atoms with Crippen LogP contribution in [0.2, 0.25) is 0 Å². The number of methoxy groups -OCH3 is 2. The van der Waals surface area contributed by atoms with Crippen molar-refractivity contribution in [2.24, 2.45) is 0 Å². The fraction of sp³-hybridized carbons (Fsp3) is 0.357. The summed E-state index contributed by atoms with van der Waals surface area (Å²) in [5.74, 6) is 1.02. The lowest BCUT2D eigenvalue weighted by Gasteiger charge is -2.11. The summed E-state index contributed by atoms with van der Waals surface area (Å²) >= 11 is 0. The van der Waals surface area contributed by atoms with Gasteiger partial charge < -0.3 is 25.8 Å². The van der Waals surface area contributed by atoms with E-state index in [4.69, 9.17) is 15.2 Å². The zero-order chi connectivity index (χ0) is 16.7. The van der Waals surface area contributed by atoms with Gasteiger partial charge in [0.1, 0.15) is 11.5 Å². The van der Waals surface area contributed by atoms with Crippen molar-refractivity contribution in [1.82, 2.24) is 20.9 Å². The number of carbonyl (C=O) groups is 1. The van der Waals surface area contributed by atoms with Gasteiger partial charge in [-0.1, -0.05) is 6.07 Å². The van der Waals surface area contributed by atoms with Crippen molar-refractivity contribution in [1.29, 1.82) is 0 Å². The van der Waals surface area contributed by atoms with E-state index in [1.165, 1.54) is 0 Å². The number of hydrogen-bond donors (Lipinski definition) is 3.